The number of para-hydroxylation sites is 1. The molecule has 3 rings (SSSR count). The second kappa shape index (κ2) is 5.78. The predicted molar refractivity (Wildman–Crippen MR) is 82.6 cm³/mol. The van der Waals surface area contributed by atoms with Gasteiger partial charge >= 0.3 is 0 Å². The number of halogens is 1. The van der Waals surface area contributed by atoms with E-state index >= 15 is 0 Å². The first-order valence-corrected chi connectivity index (χ1v) is 6.85. The largest absolute Gasteiger partial charge is 0.595 e. The minimum Gasteiger partial charge on any atom is -0.595 e. The average molecular weight is 318 g/mol. The number of benzene rings is 2. The summed E-state index contributed by atoms with van der Waals surface area (Å²) in [6.45, 7) is 0. The molecule has 0 saturated carbocycles. The summed E-state index contributed by atoms with van der Waals surface area (Å²) in [4.78, 5) is 12.1. The minimum absolute atomic E-state index is 0.191. The number of rotatable bonds is 3. The van der Waals surface area contributed by atoms with Gasteiger partial charge < -0.3 is 5.21 Å². The standard InChI is InChI=1S/C15H12ClN3O3/c16-12-3-1-2-4-14(12)18-15(20)9-13(17-18)10-5-7-11(8-6-10)19(21)22/h1-9,17,19,21H. The fourth-order valence-corrected chi connectivity index (χ4v) is 2.37. The molecule has 3 N–H and O–H groups in total. The second-order valence-electron chi connectivity index (χ2n) is 4.68. The monoisotopic (exact) mass is 317 g/mol. The van der Waals surface area contributed by atoms with Crippen LogP contribution in [0.15, 0.2) is 59.4 Å². The highest BCUT2D eigenvalue weighted by Crippen LogP contribution is 2.21. The van der Waals surface area contributed by atoms with Gasteiger partial charge in [0.2, 0.25) is 0 Å². The van der Waals surface area contributed by atoms with Crippen molar-refractivity contribution in [2.45, 2.75) is 0 Å². The van der Waals surface area contributed by atoms with Crippen LogP contribution in [0.1, 0.15) is 0 Å². The number of H-pyrrole nitrogens is 1. The van der Waals surface area contributed by atoms with E-state index in [1.54, 1.807) is 36.4 Å². The Morgan fingerprint density at radius 2 is 1.82 bits per heavy atom. The lowest BCUT2D eigenvalue weighted by Crippen LogP contribution is -2.99. The van der Waals surface area contributed by atoms with Crippen LogP contribution in [0.5, 0.6) is 0 Å². The maximum absolute atomic E-state index is 12.1. The van der Waals surface area contributed by atoms with Crippen molar-refractivity contribution in [2.75, 3.05) is 0 Å². The van der Waals surface area contributed by atoms with Crippen molar-refractivity contribution >= 4 is 17.3 Å². The quantitative estimate of drug-likeness (QED) is 0.645. The molecule has 0 aliphatic rings. The molecule has 1 unspecified atom stereocenters. The summed E-state index contributed by atoms with van der Waals surface area (Å²) in [5, 5.41) is 22.2. The molecule has 0 fully saturated rings. The molecule has 6 nitrogen and oxygen atoms in total. The highest BCUT2D eigenvalue weighted by atomic mass is 35.5. The lowest BCUT2D eigenvalue weighted by Gasteiger charge is -2.11. The van der Waals surface area contributed by atoms with Gasteiger partial charge in [-0.15, -0.1) is 0 Å². The number of nitrogens with one attached hydrogen (secondary N) is 2. The highest BCUT2D eigenvalue weighted by molar-refractivity contribution is 6.32. The van der Waals surface area contributed by atoms with Crippen LogP contribution in [-0.4, -0.2) is 15.0 Å². The molecule has 22 heavy (non-hydrogen) atoms. The van der Waals surface area contributed by atoms with Crippen molar-refractivity contribution in [3.63, 3.8) is 0 Å². The van der Waals surface area contributed by atoms with Gasteiger partial charge in [0.25, 0.3) is 5.56 Å². The van der Waals surface area contributed by atoms with Crippen molar-refractivity contribution in [3.8, 4) is 16.9 Å². The van der Waals surface area contributed by atoms with Gasteiger partial charge in [-0.25, -0.2) is 9.89 Å². The summed E-state index contributed by atoms with van der Waals surface area (Å²) in [7, 11) is 0. The fraction of sp³-hybridized carbons (Fsp3) is 0. The number of aromatic nitrogens is 2. The molecule has 112 valence electrons. The first kappa shape index (κ1) is 14.6. The van der Waals surface area contributed by atoms with E-state index in [-0.39, 0.29) is 11.2 Å². The van der Waals surface area contributed by atoms with E-state index in [9.17, 15) is 10.0 Å². The second-order valence-corrected chi connectivity index (χ2v) is 5.08. The van der Waals surface area contributed by atoms with E-state index in [4.69, 9.17) is 16.8 Å². The molecule has 0 spiro atoms. The fourth-order valence-electron chi connectivity index (χ4n) is 2.15. The molecule has 0 radical (unpaired) electrons. The van der Waals surface area contributed by atoms with E-state index in [1.807, 2.05) is 0 Å². The first-order valence-electron chi connectivity index (χ1n) is 6.47. The molecule has 2 aromatic carbocycles. The van der Waals surface area contributed by atoms with Crippen LogP contribution in [0, 0.1) is 5.21 Å². The number of hydrogen-bond acceptors (Lipinski definition) is 3. The van der Waals surface area contributed by atoms with Crippen molar-refractivity contribution in [2.24, 2.45) is 0 Å². The summed E-state index contributed by atoms with van der Waals surface area (Å²) in [6, 6.07) is 14.7. The summed E-state index contributed by atoms with van der Waals surface area (Å²) in [5.74, 6) is 0. The Morgan fingerprint density at radius 3 is 2.45 bits per heavy atom. The Hall–Kier alpha value is -2.38. The van der Waals surface area contributed by atoms with Gasteiger partial charge in [-0.05, 0) is 24.3 Å². The van der Waals surface area contributed by atoms with Crippen molar-refractivity contribution < 1.29 is 10.4 Å². The Bertz CT molecular complexity index is 853. The van der Waals surface area contributed by atoms with Gasteiger partial charge in [0, 0.05) is 23.8 Å². The van der Waals surface area contributed by atoms with Crippen LogP contribution in [-0.2, 0) is 0 Å². The summed E-state index contributed by atoms with van der Waals surface area (Å²) in [6.07, 6.45) is 0. The van der Waals surface area contributed by atoms with Crippen molar-refractivity contribution in [3.05, 3.63) is 75.2 Å². The van der Waals surface area contributed by atoms with Crippen LogP contribution in [0.3, 0.4) is 0 Å². The lowest BCUT2D eigenvalue weighted by molar-refractivity contribution is -0.991. The Labute approximate surface area is 130 Å². The molecule has 1 aromatic heterocycles. The molecule has 7 heteroatoms. The van der Waals surface area contributed by atoms with E-state index in [2.05, 4.69) is 5.10 Å². The molecule has 1 atom stereocenters. The van der Waals surface area contributed by atoms with E-state index in [1.165, 1.54) is 22.9 Å². The first-order chi connectivity index (χ1) is 10.6. The van der Waals surface area contributed by atoms with E-state index in [0.717, 1.165) is 0 Å². The zero-order valence-electron chi connectivity index (χ0n) is 11.3. The van der Waals surface area contributed by atoms with Crippen molar-refractivity contribution in [1.82, 2.24) is 9.78 Å². The molecule has 0 aliphatic carbocycles. The number of nitrogens with zero attached hydrogens (tertiary/aromatic N) is 1. The highest BCUT2D eigenvalue weighted by Gasteiger charge is 2.10. The maximum Gasteiger partial charge on any atom is 0.271 e. The zero-order chi connectivity index (χ0) is 15.7. The smallest absolute Gasteiger partial charge is 0.271 e. The van der Waals surface area contributed by atoms with Gasteiger partial charge in [-0.3, -0.25) is 9.89 Å². The molecule has 0 saturated heterocycles. The molecule has 1 heterocycles. The van der Waals surface area contributed by atoms with Crippen LogP contribution in [0.25, 0.3) is 16.9 Å². The van der Waals surface area contributed by atoms with Crippen LogP contribution >= 0.6 is 11.6 Å². The average Bonchev–Trinajstić information content (AvgIpc) is 2.90. The third-order valence-corrected chi connectivity index (χ3v) is 3.58. The minimum atomic E-state index is -0.992. The number of quaternary nitrogens is 1. The normalized spacial score (nSPS) is 12.3. The Morgan fingerprint density at radius 1 is 1.14 bits per heavy atom. The van der Waals surface area contributed by atoms with Gasteiger partial charge in [0.15, 0.2) is 5.69 Å². The summed E-state index contributed by atoms with van der Waals surface area (Å²) >= 11 is 6.10. The molecular formula is C15H12ClN3O3. The van der Waals surface area contributed by atoms with Crippen LogP contribution in [0.2, 0.25) is 5.02 Å². The molecule has 0 bridgehead atoms. The third-order valence-electron chi connectivity index (χ3n) is 3.26. The van der Waals surface area contributed by atoms with Crippen LogP contribution in [0.4, 0.5) is 5.69 Å². The molecule has 0 aliphatic heterocycles. The van der Waals surface area contributed by atoms with Gasteiger partial charge in [0.1, 0.15) is 0 Å². The van der Waals surface area contributed by atoms with Crippen LogP contribution < -0.4 is 10.8 Å². The van der Waals surface area contributed by atoms with E-state index in [0.29, 0.717) is 22.0 Å². The molecule has 0 amide bonds. The molecule has 3 aromatic rings. The SMILES string of the molecule is O=c1cc(-c2ccc([NH+]([O-])O)cc2)[nH]n1-c1ccccc1Cl. The number of aromatic amines is 1. The summed E-state index contributed by atoms with van der Waals surface area (Å²) in [5.41, 5.74) is 1.80. The van der Waals surface area contributed by atoms with Gasteiger partial charge in [-0.2, -0.15) is 5.23 Å². The van der Waals surface area contributed by atoms with Crippen molar-refractivity contribution in [1.29, 1.82) is 0 Å². The molecular weight excluding hydrogens is 306 g/mol. The zero-order valence-corrected chi connectivity index (χ0v) is 12.0. The van der Waals surface area contributed by atoms with Gasteiger partial charge in [0.05, 0.1) is 16.4 Å². The Balaban J connectivity index is 2.02. The van der Waals surface area contributed by atoms with E-state index < -0.39 is 5.23 Å². The predicted octanol–water partition coefficient (Wildman–Crippen LogP) is 1.89. The lowest BCUT2D eigenvalue weighted by atomic mass is 10.1. The topological polar surface area (TPSA) is 85.5 Å². The maximum atomic E-state index is 12.1. The number of hydrogen-bond donors (Lipinski definition) is 3. The third kappa shape index (κ3) is 2.68. The van der Waals surface area contributed by atoms with Gasteiger partial charge in [-0.1, -0.05) is 23.7 Å². The summed E-state index contributed by atoms with van der Waals surface area (Å²) < 4.78 is 1.35. The Kier molecular flexibility index (Phi) is 3.82.